The molecule has 0 radical (unpaired) electrons. The van der Waals surface area contributed by atoms with Crippen LogP contribution in [-0.2, 0) is 4.79 Å². The minimum Gasteiger partial charge on any atom is -0.306 e. The number of ketones is 1. The van der Waals surface area contributed by atoms with Crippen molar-refractivity contribution in [1.29, 1.82) is 0 Å². The fourth-order valence-electron chi connectivity index (χ4n) is 1.95. The van der Waals surface area contributed by atoms with Crippen LogP contribution < -0.4 is 0 Å². The maximum Gasteiger partial charge on any atom is 0.146 e. The van der Waals surface area contributed by atoms with E-state index < -0.39 is 0 Å². The number of likely N-dealkylation sites (tertiary alicyclic amines) is 1. The third-order valence-corrected chi connectivity index (χ3v) is 3.13. The van der Waals surface area contributed by atoms with E-state index in [2.05, 4.69) is 23.9 Å². The topological polar surface area (TPSA) is 23.6 Å². The third kappa shape index (κ3) is 3.39. The van der Waals surface area contributed by atoms with Crippen LogP contribution in [-0.4, -0.2) is 55.4 Å². The average molecular weight is 198 g/mol. The van der Waals surface area contributed by atoms with Crippen molar-refractivity contribution in [3.63, 3.8) is 0 Å². The first-order valence-corrected chi connectivity index (χ1v) is 5.54. The van der Waals surface area contributed by atoms with Gasteiger partial charge < -0.3 is 4.90 Å². The van der Waals surface area contributed by atoms with Gasteiger partial charge in [0.2, 0.25) is 0 Å². The molecule has 0 aliphatic carbocycles. The second-order valence-electron chi connectivity index (χ2n) is 4.34. The molecule has 3 heteroatoms. The molecule has 14 heavy (non-hydrogen) atoms. The van der Waals surface area contributed by atoms with Crippen molar-refractivity contribution < 1.29 is 4.79 Å². The normalized spacial score (nSPS) is 20.3. The number of rotatable bonds is 4. The maximum absolute atomic E-state index is 11.3. The van der Waals surface area contributed by atoms with Gasteiger partial charge in [0.05, 0.1) is 6.54 Å². The summed E-state index contributed by atoms with van der Waals surface area (Å²) in [5.41, 5.74) is 0. The second kappa shape index (κ2) is 5.47. The molecule has 0 amide bonds. The second-order valence-corrected chi connectivity index (χ2v) is 4.34. The zero-order valence-electron chi connectivity index (χ0n) is 9.62. The van der Waals surface area contributed by atoms with Crippen LogP contribution in [0.4, 0.5) is 0 Å². The molecule has 0 N–H and O–H groups in total. The fourth-order valence-corrected chi connectivity index (χ4v) is 1.95. The molecule has 0 spiro atoms. The van der Waals surface area contributed by atoms with Crippen LogP contribution in [0, 0.1) is 0 Å². The number of Topliss-reactive ketones (excluding diaryl/α,β-unsaturated/α-hetero) is 1. The number of hydrogen-bond donors (Lipinski definition) is 0. The minimum absolute atomic E-state index is 0.353. The van der Waals surface area contributed by atoms with Crippen LogP contribution in [0.25, 0.3) is 0 Å². The van der Waals surface area contributed by atoms with Gasteiger partial charge in [-0.2, -0.15) is 0 Å². The summed E-state index contributed by atoms with van der Waals surface area (Å²) >= 11 is 0. The molecule has 82 valence electrons. The number of carbonyl (C=O) groups is 1. The van der Waals surface area contributed by atoms with E-state index in [9.17, 15) is 4.79 Å². The molecule has 3 nitrogen and oxygen atoms in total. The van der Waals surface area contributed by atoms with Gasteiger partial charge in [-0.3, -0.25) is 9.69 Å². The summed E-state index contributed by atoms with van der Waals surface area (Å²) in [4.78, 5) is 15.9. The van der Waals surface area contributed by atoms with Gasteiger partial charge in [0.1, 0.15) is 5.78 Å². The van der Waals surface area contributed by atoms with Gasteiger partial charge in [0.25, 0.3) is 0 Å². The van der Waals surface area contributed by atoms with E-state index in [1.165, 1.54) is 12.8 Å². The highest BCUT2D eigenvalue weighted by Crippen LogP contribution is 2.13. The monoisotopic (exact) mass is 198 g/mol. The lowest BCUT2D eigenvalue weighted by Gasteiger charge is -2.34. The predicted molar refractivity (Wildman–Crippen MR) is 58.4 cm³/mol. The Morgan fingerprint density at radius 3 is 2.50 bits per heavy atom. The predicted octanol–water partition coefficient (Wildman–Crippen LogP) is 0.992. The van der Waals surface area contributed by atoms with E-state index in [4.69, 9.17) is 0 Å². The maximum atomic E-state index is 11.3. The SMILES string of the molecule is CCC(=O)CN(C)C1CCN(C)CC1. The number of nitrogens with zero attached hydrogens (tertiary/aromatic N) is 2. The van der Waals surface area contributed by atoms with Crippen molar-refractivity contribution in [2.75, 3.05) is 33.7 Å². The van der Waals surface area contributed by atoms with E-state index in [0.717, 1.165) is 13.1 Å². The lowest BCUT2D eigenvalue weighted by molar-refractivity contribution is -0.120. The Morgan fingerprint density at radius 1 is 1.43 bits per heavy atom. The highest BCUT2D eigenvalue weighted by Gasteiger charge is 2.21. The highest BCUT2D eigenvalue weighted by molar-refractivity contribution is 5.80. The molecular weight excluding hydrogens is 176 g/mol. The highest BCUT2D eigenvalue weighted by atomic mass is 16.1. The summed E-state index contributed by atoms with van der Waals surface area (Å²) in [7, 11) is 4.23. The van der Waals surface area contributed by atoms with E-state index in [0.29, 0.717) is 24.8 Å². The van der Waals surface area contributed by atoms with E-state index >= 15 is 0 Å². The van der Waals surface area contributed by atoms with Crippen molar-refractivity contribution >= 4 is 5.78 Å². The molecular formula is C11H22N2O. The Kier molecular flexibility index (Phi) is 4.55. The zero-order valence-corrected chi connectivity index (χ0v) is 9.62. The Bertz CT molecular complexity index is 186. The Labute approximate surface area is 87.1 Å². The summed E-state index contributed by atoms with van der Waals surface area (Å²) < 4.78 is 0. The quantitative estimate of drug-likeness (QED) is 0.673. The van der Waals surface area contributed by atoms with Crippen LogP contribution in [0.5, 0.6) is 0 Å². The first-order valence-electron chi connectivity index (χ1n) is 5.54. The summed E-state index contributed by atoms with van der Waals surface area (Å²) in [6.07, 6.45) is 3.06. The molecule has 1 aliphatic heterocycles. The van der Waals surface area contributed by atoms with Crippen molar-refractivity contribution in [3.05, 3.63) is 0 Å². The van der Waals surface area contributed by atoms with Crippen molar-refractivity contribution in [3.8, 4) is 0 Å². The van der Waals surface area contributed by atoms with Crippen LogP contribution >= 0.6 is 0 Å². The molecule has 0 aromatic rings. The summed E-state index contributed by atoms with van der Waals surface area (Å²) in [6, 6.07) is 0.613. The summed E-state index contributed by atoms with van der Waals surface area (Å²) in [5, 5.41) is 0. The lowest BCUT2D eigenvalue weighted by Crippen LogP contribution is -2.43. The fraction of sp³-hybridized carbons (Fsp3) is 0.909. The Balaban J connectivity index is 2.30. The number of hydrogen-bond acceptors (Lipinski definition) is 3. The zero-order chi connectivity index (χ0) is 10.6. The minimum atomic E-state index is 0.353. The molecule has 1 saturated heterocycles. The van der Waals surface area contributed by atoms with Gasteiger partial charge in [-0.1, -0.05) is 6.92 Å². The van der Waals surface area contributed by atoms with Gasteiger partial charge in [-0.15, -0.1) is 0 Å². The van der Waals surface area contributed by atoms with Crippen LogP contribution in [0.3, 0.4) is 0 Å². The van der Waals surface area contributed by atoms with Gasteiger partial charge in [0, 0.05) is 12.5 Å². The molecule has 1 heterocycles. The first kappa shape index (κ1) is 11.7. The molecule has 0 unspecified atom stereocenters. The van der Waals surface area contributed by atoms with Gasteiger partial charge in [-0.05, 0) is 40.0 Å². The van der Waals surface area contributed by atoms with Crippen molar-refractivity contribution in [2.45, 2.75) is 32.2 Å². The summed E-state index contributed by atoms with van der Waals surface area (Å²) in [5.74, 6) is 0.353. The molecule has 0 aromatic heterocycles. The van der Waals surface area contributed by atoms with E-state index in [1.807, 2.05) is 6.92 Å². The molecule has 1 rings (SSSR count). The first-order chi connectivity index (χ1) is 6.63. The largest absolute Gasteiger partial charge is 0.306 e. The van der Waals surface area contributed by atoms with Gasteiger partial charge in [-0.25, -0.2) is 0 Å². The standard InChI is InChI=1S/C11H22N2O/c1-4-11(14)9-13(3)10-5-7-12(2)8-6-10/h10H,4-9H2,1-3H3. The smallest absolute Gasteiger partial charge is 0.146 e. The van der Waals surface area contributed by atoms with E-state index in [-0.39, 0.29) is 0 Å². The Hall–Kier alpha value is -0.410. The summed E-state index contributed by atoms with van der Waals surface area (Å²) in [6.45, 7) is 4.89. The van der Waals surface area contributed by atoms with E-state index in [1.54, 1.807) is 0 Å². The van der Waals surface area contributed by atoms with Crippen molar-refractivity contribution in [1.82, 2.24) is 9.80 Å². The van der Waals surface area contributed by atoms with Crippen LogP contribution in [0.1, 0.15) is 26.2 Å². The Morgan fingerprint density at radius 2 is 2.00 bits per heavy atom. The lowest BCUT2D eigenvalue weighted by atomic mass is 10.0. The van der Waals surface area contributed by atoms with Crippen molar-refractivity contribution in [2.24, 2.45) is 0 Å². The molecule has 0 atom stereocenters. The van der Waals surface area contributed by atoms with Gasteiger partial charge >= 0.3 is 0 Å². The molecule has 1 fully saturated rings. The average Bonchev–Trinajstić information content (AvgIpc) is 2.18. The number of piperidine rings is 1. The molecule has 0 saturated carbocycles. The van der Waals surface area contributed by atoms with Crippen LogP contribution in [0.2, 0.25) is 0 Å². The van der Waals surface area contributed by atoms with Crippen LogP contribution in [0.15, 0.2) is 0 Å². The molecule has 1 aliphatic rings. The number of likely N-dealkylation sites (N-methyl/N-ethyl adjacent to an activating group) is 1. The third-order valence-electron chi connectivity index (χ3n) is 3.13. The van der Waals surface area contributed by atoms with Gasteiger partial charge in [0.15, 0.2) is 0 Å². The molecule has 0 bridgehead atoms. The molecule has 0 aromatic carbocycles. The number of carbonyl (C=O) groups excluding carboxylic acids is 1.